The number of hydrogen-bond donors (Lipinski definition) is 6. The molecule has 0 heterocycles. The van der Waals surface area contributed by atoms with Crippen LogP contribution in [0.3, 0.4) is 0 Å². The maximum atomic E-state index is 13.1. The Morgan fingerprint density at radius 1 is 0.892 bits per heavy atom. The quantitative estimate of drug-likeness (QED) is 0.162. The van der Waals surface area contributed by atoms with E-state index in [9.17, 15) is 29.1 Å². The molecule has 0 saturated heterocycles. The minimum Gasteiger partial charge on any atom is -0.480 e. The molecule has 37 heavy (non-hydrogen) atoms. The number of carbonyl (C=O) groups is 5. The molecule has 1 aromatic carbocycles. The zero-order chi connectivity index (χ0) is 28.0. The van der Waals surface area contributed by atoms with Crippen LogP contribution < -0.4 is 27.4 Å². The van der Waals surface area contributed by atoms with E-state index in [0.717, 1.165) is 5.56 Å². The predicted molar refractivity (Wildman–Crippen MR) is 142 cm³/mol. The van der Waals surface area contributed by atoms with Crippen LogP contribution in [0.4, 0.5) is 0 Å². The van der Waals surface area contributed by atoms with Crippen molar-refractivity contribution in [3.63, 3.8) is 0 Å². The Morgan fingerprint density at radius 3 is 1.95 bits per heavy atom. The van der Waals surface area contributed by atoms with Gasteiger partial charge in [-0.2, -0.15) is 11.8 Å². The van der Waals surface area contributed by atoms with E-state index in [4.69, 9.17) is 11.5 Å². The van der Waals surface area contributed by atoms with Gasteiger partial charge < -0.3 is 32.5 Å². The van der Waals surface area contributed by atoms with Gasteiger partial charge in [0.1, 0.15) is 18.1 Å². The van der Waals surface area contributed by atoms with Crippen molar-refractivity contribution >= 4 is 41.4 Å². The van der Waals surface area contributed by atoms with E-state index < -0.39 is 53.8 Å². The lowest BCUT2D eigenvalue weighted by Crippen LogP contribution is -2.57. The first kappa shape index (κ1) is 31.9. The molecule has 0 bridgehead atoms. The molecule has 1 aromatic rings. The molecule has 4 amide bonds. The molecule has 0 aliphatic rings. The minimum absolute atomic E-state index is 0.0656. The lowest BCUT2D eigenvalue weighted by molar-refractivity contribution is -0.142. The average molecular weight is 538 g/mol. The fraction of sp³-hybridized carbons (Fsp3) is 0.560. The Morgan fingerprint density at radius 2 is 1.43 bits per heavy atom. The lowest BCUT2D eigenvalue weighted by Gasteiger charge is -2.25. The second kappa shape index (κ2) is 16.6. The molecular weight excluding hydrogens is 498 g/mol. The number of primary amides is 1. The number of nitrogens with one attached hydrogen (secondary N) is 3. The smallest absolute Gasteiger partial charge is 0.326 e. The third kappa shape index (κ3) is 12.6. The van der Waals surface area contributed by atoms with E-state index in [0.29, 0.717) is 12.2 Å². The highest BCUT2D eigenvalue weighted by Crippen LogP contribution is 2.08. The highest BCUT2D eigenvalue weighted by Gasteiger charge is 2.30. The summed E-state index contributed by atoms with van der Waals surface area (Å²) in [5, 5.41) is 17.3. The number of nitrogens with two attached hydrogens (primary N) is 2. The molecule has 0 aliphatic heterocycles. The SMILES string of the molecule is CSCCC(NC(=O)C(CCC(N)=O)NC(=O)C(N)CC(C)C)C(=O)NC(Cc1ccccc1)C(=O)O. The number of carboxylic acid groups (broad SMARTS) is 1. The molecule has 0 spiro atoms. The molecule has 0 fully saturated rings. The molecule has 4 atom stereocenters. The fourth-order valence-corrected chi connectivity index (χ4v) is 4.02. The standard InChI is InChI=1S/C25H39N5O6S/c1-15(2)13-17(26)22(32)28-18(9-10-21(27)31)23(33)29-19(11-12-37-3)24(34)30-20(25(35)36)14-16-7-5-4-6-8-16/h4-8,15,17-20H,9-14,26H2,1-3H3,(H2,27,31)(H,28,32)(H,29,33)(H,30,34)(H,35,36). The molecule has 1 rings (SSSR count). The number of carbonyl (C=O) groups excluding carboxylic acids is 4. The molecule has 4 unspecified atom stereocenters. The molecule has 0 saturated carbocycles. The van der Waals surface area contributed by atoms with Crippen molar-refractivity contribution in [3.8, 4) is 0 Å². The van der Waals surface area contributed by atoms with Crippen LogP contribution in [0.2, 0.25) is 0 Å². The van der Waals surface area contributed by atoms with Crippen molar-refractivity contribution in [2.75, 3.05) is 12.0 Å². The number of carboxylic acids is 1. The molecule has 8 N–H and O–H groups in total. The summed E-state index contributed by atoms with van der Waals surface area (Å²) in [7, 11) is 0. The van der Waals surface area contributed by atoms with E-state index in [2.05, 4.69) is 16.0 Å². The highest BCUT2D eigenvalue weighted by atomic mass is 32.2. The van der Waals surface area contributed by atoms with Crippen LogP contribution in [0.15, 0.2) is 30.3 Å². The number of rotatable bonds is 17. The van der Waals surface area contributed by atoms with Gasteiger partial charge in [-0.25, -0.2) is 4.79 Å². The number of amides is 4. The number of aliphatic carboxylic acids is 1. The monoisotopic (exact) mass is 537 g/mol. The zero-order valence-electron chi connectivity index (χ0n) is 21.6. The third-order valence-electron chi connectivity index (χ3n) is 5.52. The maximum absolute atomic E-state index is 13.1. The van der Waals surface area contributed by atoms with Gasteiger partial charge in [0, 0.05) is 12.8 Å². The van der Waals surface area contributed by atoms with E-state index in [1.165, 1.54) is 11.8 Å². The second-order valence-electron chi connectivity index (χ2n) is 9.23. The van der Waals surface area contributed by atoms with Crippen molar-refractivity contribution in [2.45, 2.75) is 70.1 Å². The van der Waals surface area contributed by atoms with Gasteiger partial charge in [0.2, 0.25) is 23.6 Å². The Hall–Kier alpha value is -3.12. The van der Waals surface area contributed by atoms with Crippen molar-refractivity contribution in [1.29, 1.82) is 0 Å². The Kier molecular flexibility index (Phi) is 14.3. The lowest BCUT2D eigenvalue weighted by atomic mass is 10.0. The fourth-order valence-electron chi connectivity index (χ4n) is 3.55. The first-order valence-electron chi connectivity index (χ1n) is 12.1. The molecule has 12 heteroatoms. The van der Waals surface area contributed by atoms with E-state index >= 15 is 0 Å². The Bertz CT molecular complexity index is 914. The zero-order valence-corrected chi connectivity index (χ0v) is 22.4. The first-order chi connectivity index (χ1) is 17.4. The van der Waals surface area contributed by atoms with Crippen LogP contribution in [-0.2, 0) is 30.4 Å². The van der Waals surface area contributed by atoms with Crippen molar-refractivity contribution in [1.82, 2.24) is 16.0 Å². The van der Waals surface area contributed by atoms with Gasteiger partial charge in [-0.05, 0) is 42.8 Å². The molecule has 206 valence electrons. The van der Waals surface area contributed by atoms with Gasteiger partial charge >= 0.3 is 5.97 Å². The summed E-state index contributed by atoms with van der Waals surface area (Å²) in [6, 6.07) is 4.58. The minimum atomic E-state index is -1.21. The van der Waals surface area contributed by atoms with Crippen molar-refractivity contribution < 1.29 is 29.1 Å². The van der Waals surface area contributed by atoms with Gasteiger partial charge in [0.05, 0.1) is 6.04 Å². The summed E-state index contributed by atoms with van der Waals surface area (Å²) in [6.45, 7) is 3.81. The van der Waals surface area contributed by atoms with Gasteiger partial charge in [0.25, 0.3) is 0 Å². The normalized spacial score (nSPS) is 14.2. The van der Waals surface area contributed by atoms with Gasteiger partial charge in [0.15, 0.2) is 0 Å². The van der Waals surface area contributed by atoms with E-state index in [1.807, 2.05) is 20.1 Å². The van der Waals surface area contributed by atoms with Crippen LogP contribution in [0.5, 0.6) is 0 Å². The second-order valence-corrected chi connectivity index (χ2v) is 10.2. The Balaban J connectivity index is 3.00. The average Bonchev–Trinajstić information content (AvgIpc) is 2.83. The molecule has 11 nitrogen and oxygen atoms in total. The topological polar surface area (TPSA) is 194 Å². The van der Waals surface area contributed by atoms with Crippen LogP contribution in [0.1, 0.15) is 45.1 Å². The van der Waals surface area contributed by atoms with Gasteiger partial charge in [-0.15, -0.1) is 0 Å². The largest absolute Gasteiger partial charge is 0.480 e. The molecular formula is C25H39N5O6S. The summed E-state index contributed by atoms with van der Waals surface area (Å²) in [5.41, 5.74) is 11.9. The van der Waals surface area contributed by atoms with Gasteiger partial charge in [-0.3, -0.25) is 19.2 Å². The maximum Gasteiger partial charge on any atom is 0.326 e. The molecule has 0 aliphatic carbocycles. The summed E-state index contributed by atoms with van der Waals surface area (Å²) >= 11 is 1.45. The number of hydrogen-bond acceptors (Lipinski definition) is 7. The number of thioether (sulfide) groups is 1. The van der Waals surface area contributed by atoms with Crippen molar-refractivity contribution in [3.05, 3.63) is 35.9 Å². The van der Waals surface area contributed by atoms with Gasteiger partial charge in [-0.1, -0.05) is 44.2 Å². The summed E-state index contributed by atoms with van der Waals surface area (Å²) in [6.07, 6.45) is 2.27. The number of benzene rings is 1. The summed E-state index contributed by atoms with van der Waals surface area (Å²) < 4.78 is 0. The Labute approximate surface area is 221 Å². The summed E-state index contributed by atoms with van der Waals surface area (Å²) in [4.78, 5) is 61.8. The first-order valence-corrected chi connectivity index (χ1v) is 13.5. The van der Waals surface area contributed by atoms with E-state index in [1.54, 1.807) is 30.3 Å². The van der Waals surface area contributed by atoms with Crippen molar-refractivity contribution in [2.24, 2.45) is 17.4 Å². The highest BCUT2D eigenvalue weighted by molar-refractivity contribution is 7.98. The van der Waals surface area contributed by atoms with Crippen LogP contribution in [0.25, 0.3) is 0 Å². The summed E-state index contributed by atoms with van der Waals surface area (Å²) in [5.74, 6) is -3.12. The molecule has 0 radical (unpaired) electrons. The van der Waals surface area contributed by atoms with Crippen LogP contribution >= 0.6 is 11.8 Å². The third-order valence-corrected chi connectivity index (χ3v) is 6.16. The van der Waals surface area contributed by atoms with E-state index in [-0.39, 0.29) is 31.6 Å². The van der Waals surface area contributed by atoms with Crippen LogP contribution in [-0.4, -0.2) is 70.9 Å². The molecule has 0 aromatic heterocycles. The van der Waals surface area contributed by atoms with Crippen LogP contribution in [0, 0.1) is 5.92 Å². The predicted octanol–water partition coefficient (Wildman–Crippen LogP) is 0.160.